The third-order valence-electron chi connectivity index (χ3n) is 1.94. The lowest BCUT2D eigenvalue weighted by atomic mass is 10.2. The number of hydrogen-bond acceptors (Lipinski definition) is 2. The second kappa shape index (κ2) is 4.39. The lowest BCUT2D eigenvalue weighted by Crippen LogP contribution is -2.45. The first-order valence-corrected chi connectivity index (χ1v) is 6.87. The Kier molecular flexibility index (Phi) is 4.44. The fourth-order valence-electron chi connectivity index (χ4n) is 1.28. The predicted octanol–water partition coefficient (Wildman–Crippen LogP) is 2.93. The molecule has 0 aliphatic carbocycles. The fraction of sp³-hybridized carbons (Fsp3) is 1.00. The Morgan fingerprint density at radius 1 is 1.08 bits per heavy atom. The van der Waals surface area contributed by atoms with Crippen molar-refractivity contribution >= 4 is 8.56 Å². The maximum atomic E-state index is 5.99. The molecule has 0 aromatic carbocycles. The van der Waals surface area contributed by atoms with E-state index in [2.05, 4.69) is 34.6 Å². The van der Waals surface area contributed by atoms with E-state index in [1.165, 1.54) is 0 Å². The molecule has 0 fully saturated rings. The molecule has 0 spiro atoms. The molecule has 0 radical (unpaired) electrons. The lowest BCUT2D eigenvalue weighted by molar-refractivity contribution is 0.0737. The van der Waals surface area contributed by atoms with Gasteiger partial charge in [-0.1, -0.05) is 13.8 Å². The zero-order valence-corrected chi connectivity index (χ0v) is 10.2. The van der Waals surface area contributed by atoms with Crippen molar-refractivity contribution < 1.29 is 8.85 Å². The molecule has 74 valence electrons. The van der Waals surface area contributed by atoms with E-state index < -0.39 is 8.56 Å². The molecule has 12 heavy (non-hydrogen) atoms. The monoisotopic (exact) mass is 190 g/mol. The maximum absolute atomic E-state index is 5.99. The van der Waals surface area contributed by atoms with Crippen LogP contribution >= 0.6 is 0 Å². The molecule has 0 aliphatic rings. The van der Waals surface area contributed by atoms with E-state index >= 15 is 0 Å². The molecule has 0 saturated carbocycles. The molecular formula is C9H22O2Si. The molecule has 0 bridgehead atoms. The first-order chi connectivity index (χ1) is 5.39. The average molecular weight is 190 g/mol. The molecule has 0 atom stereocenters. The van der Waals surface area contributed by atoms with Gasteiger partial charge in [-0.05, 0) is 32.9 Å². The third-order valence-corrected chi connectivity index (χ3v) is 5.82. The van der Waals surface area contributed by atoms with Crippen molar-refractivity contribution in [2.24, 2.45) is 0 Å². The summed E-state index contributed by atoms with van der Waals surface area (Å²) in [7, 11) is -0.0840. The van der Waals surface area contributed by atoms with Crippen LogP contribution < -0.4 is 0 Å². The minimum absolute atomic E-state index is 0.0751. The van der Waals surface area contributed by atoms with E-state index in [-0.39, 0.29) is 5.60 Å². The molecule has 0 aromatic heterocycles. The van der Waals surface area contributed by atoms with Crippen molar-refractivity contribution in [3.8, 4) is 0 Å². The van der Waals surface area contributed by atoms with Crippen LogP contribution in [-0.4, -0.2) is 21.3 Å². The van der Waals surface area contributed by atoms with Crippen molar-refractivity contribution in [3.05, 3.63) is 0 Å². The third kappa shape index (κ3) is 3.69. The normalized spacial score (nSPS) is 13.5. The SMILES string of the molecule is CC[Si](CC)(OC)OC(C)(C)C. The van der Waals surface area contributed by atoms with Gasteiger partial charge in [-0.25, -0.2) is 0 Å². The summed E-state index contributed by atoms with van der Waals surface area (Å²) in [6, 6.07) is 2.05. The van der Waals surface area contributed by atoms with E-state index in [1.807, 2.05) is 0 Å². The van der Waals surface area contributed by atoms with Gasteiger partial charge in [0.25, 0.3) is 0 Å². The van der Waals surface area contributed by atoms with Gasteiger partial charge in [-0.3, -0.25) is 0 Å². The van der Waals surface area contributed by atoms with Gasteiger partial charge in [0, 0.05) is 7.11 Å². The van der Waals surface area contributed by atoms with Crippen molar-refractivity contribution in [2.75, 3.05) is 7.11 Å². The van der Waals surface area contributed by atoms with Crippen LogP contribution in [0, 0.1) is 0 Å². The number of rotatable bonds is 4. The quantitative estimate of drug-likeness (QED) is 0.635. The average Bonchev–Trinajstić information content (AvgIpc) is 1.99. The highest BCUT2D eigenvalue weighted by Crippen LogP contribution is 2.24. The van der Waals surface area contributed by atoms with Crippen LogP contribution in [0.3, 0.4) is 0 Å². The van der Waals surface area contributed by atoms with Gasteiger partial charge in [0.1, 0.15) is 0 Å². The van der Waals surface area contributed by atoms with Crippen LogP contribution in [-0.2, 0) is 8.85 Å². The summed E-state index contributed by atoms with van der Waals surface area (Å²) in [5.74, 6) is 0. The van der Waals surface area contributed by atoms with Crippen LogP contribution in [0.15, 0.2) is 0 Å². The topological polar surface area (TPSA) is 18.5 Å². The minimum atomic E-state index is -1.85. The second-order valence-corrected chi connectivity index (χ2v) is 7.88. The van der Waals surface area contributed by atoms with E-state index in [0.29, 0.717) is 0 Å². The molecule has 0 saturated heterocycles. The van der Waals surface area contributed by atoms with Gasteiger partial charge in [0.15, 0.2) is 0 Å². The first kappa shape index (κ1) is 12.1. The Morgan fingerprint density at radius 2 is 1.50 bits per heavy atom. The van der Waals surface area contributed by atoms with Gasteiger partial charge in [-0.15, -0.1) is 0 Å². The Morgan fingerprint density at radius 3 is 1.58 bits per heavy atom. The molecule has 0 aliphatic heterocycles. The molecule has 0 aromatic rings. The molecule has 0 rings (SSSR count). The first-order valence-electron chi connectivity index (χ1n) is 4.64. The highest BCUT2D eigenvalue weighted by atomic mass is 28.4. The Bertz CT molecular complexity index is 117. The molecule has 0 amide bonds. The highest BCUT2D eigenvalue weighted by Gasteiger charge is 2.36. The minimum Gasteiger partial charge on any atom is -0.398 e. The largest absolute Gasteiger partial charge is 0.398 e. The summed E-state index contributed by atoms with van der Waals surface area (Å²) in [4.78, 5) is 0. The van der Waals surface area contributed by atoms with Gasteiger partial charge < -0.3 is 8.85 Å². The van der Waals surface area contributed by atoms with Crippen molar-refractivity contribution in [2.45, 2.75) is 52.3 Å². The molecule has 3 heteroatoms. The molecule has 0 unspecified atom stereocenters. The second-order valence-electron chi connectivity index (χ2n) is 4.04. The standard InChI is InChI=1S/C9H22O2Si/c1-7-12(8-2,10-6)11-9(3,4)5/h7-8H2,1-6H3. The van der Waals surface area contributed by atoms with Crippen LogP contribution in [0.5, 0.6) is 0 Å². The highest BCUT2D eigenvalue weighted by molar-refractivity contribution is 6.67. The summed E-state index contributed by atoms with van der Waals surface area (Å²) in [6.45, 7) is 10.5. The maximum Gasteiger partial charge on any atom is 0.337 e. The lowest BCUT2D eigenvalue weighted by Gasteiger charge is -2.34. The van der Waals surface area contributed by atoms with Crippen LogP contribution in [0.4, 0.5) is 0 Å². The van der Waals surface area contributed by atoms with E-state index in [0.717, 1.165) is 12.1 Å². The number of hydrogen-bond donors (Lipinski definition) is 0. The van der Waals surface area contributed by atoms with Gasteiger partial charge in [-0.2, -0.15) is 0 Å². The van der Waals surface area contributed by atoms with Crippen LogP contribution in [0.25, 0.3) is 0 Å². The predicted molar refractivity (Wildman–Crippen MR) is 54.6 cm³/mol. The Hall–Kier alpha value is 0.137. The summed E-state index contributed by atoms with van der Waals surface area (Å²) >= 11 is 0. The summed E-state index contributed by atoms with van der Waals surface area (Å²) in [5, 5.41) is 0. The van der Waals surface area contributed by atoms with Gasteiger partial charge >= 0.3 is 8.56 Å². The van der Waals surface area contributed by atoms with E-state index in [1.54, 1.807) is 7.11 Å². The zero-order chi connectivity index (χ0) is 9.83. The smallest absolute Gasteiger partial charge is 0.337 e. The van der Waals surface area contributed by atoms with Crippen molar-refractivity contribution in [1.29, 1.82) is 0 Å². The fourth-order valence-corrected chi connectivity index (χ4v) is 3.85. The molecular weight excluding hydrogens is 168 g/mol. The Labute approximate surface area is 77.5 Å². The van der Waals surface area contributed by atoms with Crippen molar-refractivity contribution in [1.82, 2.24) is 0 Å². The van der Waals surface area contributed by atoms with E-state index in [9.17, 15) is 0 Å². The molecule has 0 heterocycles. The summed E-state index contributed by atoms with van der Waals surface area (Å²) < 4.78 is 11.5. The van der Waals surface area contributed by atoms with Crippen LogP contribution in [0.1, 0.15) is 34.6 Å². The molecule has 2 nitrogen and oxygen atoms in total. The van der Waals surface area contributed by atoms with Gasteiger partial charge in [0.2, 0.25) is 0 Å². The molecule has 0 N–H and O–H groups in total. The Balaban J connectivity index is 4.30. The van der Waals surface area contributed by atoms with Crippen molar-refractivity contribution in [3.63, 3.8) is 0 Å². The van der Waals surface area contributed by atoms with Crippen LogP contribution in [0.2, 0.25) is 12.1 Å². The summed E-state index contributed by atoms with van der Waals surface area (Å²) in [5.41, 5.74) is -0.0751. The zero-order valence-electron chi connectivity index (χ0n) is 9.23. The van der Waals surface area contributed by atoms with Gasteiger partial charge in [0.05, 0.1) is 5.60 Å². The summed E-state index contributed by atoms with van der Waals surface area (Å²) in [6.07, 6.45) is 0. The van der Waals surface area contributed by atoms with E-state index in [4.69, 9.17) is 8.85 Å².